The van der Waals surface area contributed by atoms with E-state index in [1.54, 1.807) is 17.0 Å². The number of morpholine rings is 1. The van der Waals surface area contributed by atoms with Crippen LogP contribution in [0.5, 0.6) is 0 Å². The summed E-state index contributed by atoms with van der Waals surface area (Å²) >= 11 is 0. The molecule has 0 aliphatic carbocycles. The number of anilines is 1. The number of rotatable bonds is 4. The number of aromatic nitrogens is 2. The highest BCUT2D eigenvalue weighted by atomic mass is 19.1. The predicted octanol–water partition coefficient (Wildman–Crippen LogP) is 1.11. The van der Waals surface area contributed by atoms with Crippen molar-refractivity contribution in [3.05, 3.63) is 48.0 Å². The highest BCUT2D eigenvalue weighted by molar-refractivity contribution is 5.89. The summed E-state index contributed by atoms with van der Waals surface area (Å²) in [4.78, 5) is 24.9. The normalized spacial score (nSPS) is 17.3. The van der Waals surface area contributed by atoms with E-state index in [9.17, 15) is 14.0 Å². The van der Waals surface area contributed by atoms with Gasteiger partial charge in [0.15, 0.2) is 0 Å². The maximum atomic E-state index is 13.0. The molecule has 1 aliphatic rings. The molecule has 1 aromatic carbocycles. The lowest BCUT2D eigenvalue weighted by Gasteiger charge is -2.33. The third-order valence-electron chi connectivity index (χ3n) is 3.80. The van der Waals surface area contributed by atoms with E-state index < -0.39 is 5.91 Å². The van der Waals surface area contributed by atoms with Crippen LogP contribution in [0.25, 0.3) is 0 Å². The minimum Gasteiger partial charge on any atom is -0.370 e. The minimum absolute atomic E-state index is 0.0555. The van der Waals surface area contributed by atoms with Crippen molar-refractivity contribution in [1.29, 1.82) is 0 Å². The number of benzene rings is 1. The molecule has 0 bridgehead atoms. The maximum Gasteiger partial charge on any atom is 0.322 e. The lowest BCUT2D eigenvalue weighted by molar-refractivity contribution is -0.118. The summed E-state index contributed by atoms with van der Waals surface area (Å²) in [5, 5.41) is 6.67. The number of nitrogens with zero attached hydrogens (tertiary/aromatic N) is 3. The van der Waals surface area contributed by atoms with Crippen molar-refractivity contribution in [2.24, 2.45) is 5.73 Å². The van der Waals surface area contributed by atoms with Crippen molar-refractivity contribution >= 4 is 17.6 Å². The van der Waals surface area contributed by atoms with Gasteiger partial charge in [-0.05, 0) is 17.7 Å². The number of hydrogen-bond acceptors (Lipinski definition) is 4. The van der Waals surface area contributed by atoms with E-state index in [1.807, 2.05) is 0 Å². The largest absolute Gasteiger partial charge is 0.370 e. The third kappa shape index (κ3) is 4.32. The van der Waals surface area contributed by atoms with Gasteiger partial charge in [0, 0.05) is 12.7 Å². The first-order valence-corrected chi connectivity index (χ1v) is 7.75. The minimum atomic E-state index is -0.517. The zero-order valence-corrected chi connectivity index (χ0v) is 13.4. The summed E-state index contributed by atoms with van der Waals surface area (Å²) in [5.74, 6) is -0.835. The standard InChI is InChI=1S/C16H18FN5O3/c17-12-3-1-11(2-4-12)14-9-21(5-6-25-14)16(24)20-13-7-19-22(8-13)10-15(18)23/h1-4,7-8,14H,5-6,9-10H2,(H2,18,23)(H,20,24). The van der Waals surface area contributed by atoms with E-state index in [2.05, 4.69) is 10.4 Å². The number of nitrogens with two attached hydrogens (primary N) is 1. The highest BCUT2D eigenvalue weighted by Gasteiger charge is 2.25. The number of nitrogens with one attached hydrogen (secondary N) is 1. The molecule has 1 atom stereocenters. The molecule has 25 heavy (non-hydrogen) atoms. The van der Waals surface area contributed by atoms with Gasteiger partial charge in [-0.3, -0.25) is 9.48 Å². The van der Waals surface area contributed by atoms with Crippen LogP contribution in [0.3, 0.4) is 0 Å². The third-order valence-corrected chi connectivity index (χ3v) is 3.80. The molecule has 3 rings (SSSR count). The summed E-state index contributed by atoms with van der Waals surface area (Å²) in [6.07, 6.45) is 2.66. The van der Waals surface area contributed by atoms with Crippen molar-refractivity contribution in [3.63, 3.8) is 0 Å². The van der Waals surface area contributed by atoms with E-state index in [0.29, 0.717) is 25.4 Å². The van der Waals surface area contributed by atoms with Gasteiger partial charge in [-0.2, -0.15) is 5.10 Å². The van der Waals surface area contributed by atoms with Crippen LogP contribution in [-0.4, -0.2) is 46.3 Å². The molecule has 1 aliphatic heterocycles. The van der Waals surface area contributed by atoms with Crippen molar-refractivity contribution in [2.75, 3.05) is 25.0 Å². The first kappa shape index (κ1) is 16.9. The molecule has 1 fully saturated rings. The Labute approximate surface area is 143 Å². The second kappa shape index (κ2) is 7.31. The molecule has 3 N–H and O–H groups in total. The number of carbonyl (C=O) groups is 2. The average molecular weight is 347 g/mol. The smallest absolute Gasteiger partial charge is 0.322 e. The van der Waals surface area contributed by atoms with Gasteiger partial charge in [-0.25, -0.2) is 9.18 Å². The second-order valence-electron chi connectivity index (χ2n) is 5.68. The quantitative estimate of drug-likeness (QED) is 0.865. The Kier molecular flexibility index (Phi) is 4.94. The van der Waals surface area contributed by atoms with Gasteiger partial charge in [0.1, 0.15) is 18.5 Å². The lowest BCUT2D eigenvalue weighted by Crippen LogP contribution is -2.44. The van der Waals surface area contributed by atoms with Crippen molar-refractivity contribution in [3.8, 4) is 0 Å². The molecule has 9 heteroatoms. The molecule has 2 aromatic rings. The Morgan fingerprint density at radius 3 is 2.84 bits per heavy atom. The van der Waals surface area contributed by atoms with E-state index in [1.165, 1.54) is 29.2 Å². The molecule has 0 saturated carbocycles. The second-order valence-corrected chi connectivity index (χ2v) is 5.68. The number of carbonyl (C=O) groups excluding carboxylic acids is 2. The Balaban J connectivity index is 1.60. The molecule has 8 nitrogen and oxygen atoms in total. The number of ether oxygens (including phenoxy) is 1. The fourth-order valence-corrected chi connectivity index (χ4v) is 2.59. The number of hydrogen-bond donors (Lipinski definition) is 2. The van der Waals surface area contributed by atoms with E-state index >= 15 is 0 Å². The van der Waals surface area contributed by atoms with E-state index in [-0.39, 0.29) is 24.5 Å². The van der Waals surface area contributed by atoms with Gasteiger partial charge in [0.25, 0.3) is 0 Å². The van der Waals surface area contributed by atoms with Crippen molar-refractivity contribution in [1.82, 2.24) is 14.7 Å². The molecular weight excluding hydrogens is 329 g/mol. The van der Waals surface area contributed by atoms with Gasteiger partial charge in [-0.15, -0.1) is 0 Å². The van der Waals surface area contributed by atoms with Gasteiger partial charge >= 0.3 is 6.03 Å². The topological polar surface area (TPSA) is 102 Å². The number of urea groups is 1. The summed E-state index contributed by atoms with van der Waals surface area (Å²) in [6, 6.07) is 5.73. The zero-order valence-electron chi connectivity index (χ0n) is 13.4. The van der Waals surface area contributed by atoms with Crippen LogP contribution >= 0.6 is 0 Å². The van der Waals surface area contributed by atoms with Crippen molar-refractivity contribution < 1.29 is 18.7 Å². The maximum absolute atomic E-state index is 13.0. The van der Waals surface area contributed by atoms with Crippen LogP contribution in [0.4, 0.5) is 14.9 Å². The van der Waals surface area contributed by atoms with Gasteiger partial charge in [-0.1, -0.05) is 12.1 Å². The van der Waals surface area contributed by atoms with Crippen LogP contribution in [-0.2, 0) is 16.1 Å². The van der Waals surface area contributed by atoms with E-state index in [0.717, 1.165) is 5.56 Å². The molecule has 132 valence electrons. The van der Waals surface area contributed by atoms with Gasteiger partial charge in [0.2, 0.25) is 5.91 Å². The number of primary amides is 1. The molecule has 2 heterocycles. The predicted molar refractivity (Wildman–Crippen MR) is 87.1 cm³/mol. The SMILES string of the molecule is NC(=O)Cn1cc(NC(=O)N2CCOC(c3ccc(F)cc3)C2)cn1. The summed E-state index contributed by atoms with van der Waals surface area (Å²) < 4.78 is 20.0. The molecule has 0 radical (unpaired) electrons. The summed E-state index contributed by atoms with van der Waals surface area (Å²) in [7, 11) is 0. The Morgan fingerprint density at radius 1 is 1.36 bits per heavy atom. The fourth-order valence-electron chi connectivity index (χ4n) is 2.59. The average Bonchev–Trinajstić information content (AvgIpc) is 3.01. The van der Waals surface area contributed by atoms with Crippen LogP contribution in [0.2, 0.25) is 0 Å². The molecule has 1 unspecified atom stereocenters. The first-order chi connectivity index (χ1) is 12.0. The van der Waals surface area contributed by atoms with E-state index in [4.69, 9.17) is 10.5 Å². The molecule has 1 saturated heterocycles. The molecular formula is C16H18FN5O3. The monoisotopic (exact) mass is 347 g/mol. The van der Waals surface area contributed by atoms with Gasteiger partial charge in [0.05, 0.1) is 25.0 Å². The molecule has 3 amide bonds. The first-order valence-electron chi connectivity index (χ1n) is 7.75. The zero-order chi connectivity index (χ0) is 17.8. The number of amides is 3. The fraction of sp³-hybridized carbons (Fsp3) is 0.312. The lowest BCUT2D eigenvalue weighted by atomic mass is 10.1. The molecule has 0 spiro atoms. The summed E-state index contributed by atoms with van der Waals surface area (Å²) in [6.45, 7) is 1.13. The Morgan fingerprint density at radius 2 is 2.12 bits per heavy atom. The Hall–Kier alpha value is -2.94. The van der Waals surface area contributed by atoms with Crippen LogP contribution in [0.1, 0.15) is 11.7 Å². The van der Waals surface area contributed by atoms with Crippen LogP contribution < -0.4 is 11.1 Å². The summed E-state index contributed by atoms with van der Waals surface area (Å²) in [5.41, 5.74) is 6.38. The van der Waals surface area contributed by atoms with Crippen LogP contribution in [0, 0.1) is 5.82 Å². The van der Waals surface area contributed by atoms with Crippen molar-refractivity contribution in [2.45, 2.75) is 12.6 Å². The molecule has 1 aromatic heterocycles. The highest BCUT2D eigenvalue weighted by Crippen LogP contribution is 2.23. The Bertz CT molecular complexity index is 761. The van der Waals surface area contributed by atoms with Gasteiger partial charge < -0.3 is 20.7 Å². The number of halogens is 1. The van der Waals surface area contributed by atoms with Crippen LogP contribution in [0.15, 0.2) is 36.7 Å².